The third-order valence-electron chi connectivity index (χ3n) is 8.67. The van der Waals surface area contributed by atoms with Crippen molar-refractivity contribution in [3.63, 3.8) is 0 Å². The fourth-order valence-electron chi connectivity index (χ4n) is 6.52. The minimum absolute atomic E-state index is 0.125. The molecule has 0 amide bonds. The molecule has 2 aliphatic rings. The van der Waals surface area contributed by atoms with E-state index in [0.29, 0.717) is 21.6 Å². The zero-order valence-electron chi connectivity index (χ0n) is 24.9. The SMILES string of the molecule is Cc1ccc2c(c1)-c1cc(C(F)(F)F)ccc1I2Cc1ccc(-c2ccc3c(c2)Cc2ccccc2-3)cc1-c1nc(C)nc(Cl)n1. The molecule has 0 unspecified atom stereocenters. The summed E-state index contributed by atoms with van der Waals surface area (Å²) in [5.74, 6) is 1.02. The predicted molar refractivity (Wildman–Crippen MR) is 185 cm³/mol. The number of halogens is 5. The number of nitrogens with zero attached hydrogens (tertiary/aromatic N) is 3. The van der Waals surface area contributed by atoms with E-state index in [9.17, 15) is 13.2 Å². The summed E-state index contributed by atoms with van der Waals surface area (Å²) >= 11 is 4.13. The van der Waals surface area contributed by atoms with E-state index in [2.05, 4.69) is 87.7 Å². The molecule has 0 N–H and O–H groups in total. The van der Waals surface area contributed by atoms with Crippen LogP contribution in [0, 0.1) is 21.0 Å². The van der Waals surface area contributed by atoms with Gasteiger partial charge in [-0.2, -0.15) is 0 Å². The van der Waals surface area contributed by atoms with Gasteiger partial charge in [0.2, 0.25) is 0 Å². The summed E-state index contributed by atoms with van der Waals surface area (Å²) in [6, 6.07) is 32.0. The molecule has 0 atom stereocenters. The molecule has 3 nitrogen and oxygen atoms in total. The Bertz CT molecular complexity index is 2190. The number of alkyl halides is 4. The van der Waals surface area contributed by atoms with Gasteiger partial charge in [0.25, 0.3) is 0 Å². The summed E-state index contributed by atoms with van der Waals surface area (Å²) in [4.78, 5) is 13.4. The normalized spacial score (nSPS) is 13.7. The summed E-state index contributed by atoms with van der Waals surface area (Å²) in [7, 11) is 0. The number of aromatic nitrogens is 3. The van der Waals surface area contributed by atoms with Crippen molar-refractivity contribution in [1.29, 1.82) is 0 Å². The molecular weight excluding hydrogens is 718 g/mol. The molecule has 46 heavy (non-hydrogen) atoms. The van der Waals surface area contributed by atoms with Gasteiger partial charge in [0, 0.05) is 0 Å². The standard InChI is InChI=1S/C38H26ClF3IN3/c1-21-7-13-34-32(15-21)33-19-28(38(40,41)42)11-14-35(33)43(34)20-26-9-8-24(18-31(26)36-44-22(2)45-37(39)46-36)23-10-12-30-27(16-23)17-25-5-3-4-6-29(25)30/h3-16,18-19H,17,20H2,1-2H3. The molecule has 0 saturated carbocycles. The Hall–Kier alpha value is -4.08. The van der Waals surface area contributed by atoms with Crippen LogP contribution in [0.1, 0.15) is 33.6 Å². The number of hydrogen-bond donors (Lipinski definition) is 0. The molecule has 0 spiro atoms. The van der Waals surface area contributed by atoms with Gasteiger partial charge in [-0.05, 0) is 0 Å². The minimum atomic E-state index is -4.40. The molecule has 5 aromatic carbocycles. The summed E-state index contributed by atoms with van der Waals surface area (Å²) in [5.41, 5.74) is 11.3. The van der Waals surface area contributed by atoms with E-state index in [1.165, 1.54) is 38.0 Å². The monoisotopic (exact) mass is 743 g/mol. The summed E-state index contributed by atoms with van der Waals surface area (Å²) < 4.78 is 44.2. The van der Waals surface area contributed by atoms with Crippen LogP contribution in [-0.2, 0) is 17.0 Å². The van der Waals surface area contributed by atoms with Crippen molar-refractivity contribution in [2.75, 3.05) is 0 Å². The molecule has 0 radical (unpaired) electrons. The third kappa shape index (κ3) is 5.10. The van der Waals surface area contributed by atoms with Crippen LogP contribution in [0.3, 0.4) is 0 Å². The number of aryl methyl sites for hydroxylation is 2. The van der Waals surface area contributed by atoms with Gasteiger partial charge in [-0.15, -0.1) is 0 Å². The second-order valence-corrected chi connectivity index (χ2v) is 17.2. The van der Waals surface area contributed by atoms with Gasteiger partial charge >= 0.3 is 278 Å². The van der Waals surface area contributed by atoms with Crippen molar-refractivity contribution < 1.29 is 13.2 Å². The molecule has 1 aliphatic carbocycles. The molecular formula is C38H26ClF3IN3. The van der Waals surface area contributed by atoms with E-state index in [4.69, 9.17) is 11.6 Å². The first-order valence-electron chi connectivity index (χ1n) is 14.8. The first-order valence-corrected chi connectivity index (χ1v) is 18.9. The molecule has 8 rings (SSSR count). The molecule has 0 fully saturated rings. The van der Waals surface area contributed by atoms with E-state index < -0.39 is 31.6 Å². The van der Waals surface area contributed by atoms with E-state index in [1.807, 2.05) is 13.0 Å². The molecule has 0 saturated heterocycles. The molecule has 6 aromatic rings. The van der Waals surface area contributed by atoms with Crippen LogP contribution < -0.4 is 0 Å². The van der Waals surface area contributed by atoms with Crippen molar-refractivity contribution in [2.45, 2.75) is 30.9 Å². The number of rotatable bonds is 4. The van der Waals surface area contributed by atoms with Crippen molar-refractivity contribution in [3.05, 3.63) is 143 Å². The molecule has 1 aromatic heterocycles. The fourth-order valence-corrected chi connectivity index (χ4v) is 13.2. The Morgan fingerprint density at radius 3 is 2.20 bits per heavy atom. The van der Waals surface area contributed by atoms with Crippen LogP contribution in [0.25, 0.3) is 44.8 Å². The van der Waals surface area contributed by atoms with Gasteiger partial charge in [-0.1, -0.05) is 0 Å². The van der Waals surface area contributed by atoms with Gasteiger partial charge in [0.05, 0.1) is 0 Å². The first kappa shape index (κ1) is 29.3. The summed E-state index contributed by atoms with van der Waals surface area (Å²) in [6.07, 6.45) is -3.51. The Labute approximate surface area is 276 Å². The van der Waals surface area contributed by atoms with Crippen molar-refractivity contribution in [1.82, 2.24) is 15.0 Å². The zero-order valence-corrected chi connectivity index (χ0v) is 27.8. The fraction of sp³-hybridized carbons (Fsp3) is 0.132. The number of benzene rings is 5. The number of hydrogen-bond acceptors (Lipinski definition) is 3. The van der Waals surface area contributed by atoms with Crippen LogP contribution in [0.2, 0.25) is 5.28 Å². The first-order chi connectivity index (χ1) is 22.1. The maximum atomic E-state index is 13.8. The van der Waals surface area contributed by atoms with Gasteiger partial charge in [0.1, 0.15) is 0 Å². The van der Waals surface area contributed by atoms with E-state index >= 15 is 0 Å². The molecule has 2 heterocycles. The van der Waals surface area contributed by atoms with Crippen LogP contribution in [-0.4, -0.2) is 15.0 Å². The second-order valence-electron chi connectivity index (χ2n) is 11.7. The van der Waals surface area contributed by atoms with Crippen molar-refractivity contribution >= 4 is 31.4 Å². The molecule has 228 valence electrons. The third-order valence-corrected chi connectivity index (χ3v) is 15.1. The van der Waals surface area contributed by atoms with E-state index in [0.717, 1.165) is 43.4 Å². The molecule has 0 bridgehead atoms. The Morgan fingerprint density at radius 2 is 1.39 bits per heavy atom. The maximum absolute atomic E-state index is 13.8. The molecule has 1 aliphatic heterocycles. The summed E-state index contributed by atoms with van der Waals surface area (Å²) in [5, 5.41) is 0.125. The van der Waals surface area contributed by atoms with Gasteiger partial charge in [-0.3, -0.25) is 0 Å². The Balaban J connectivity index is 1.24. The van der Waals surface area contributed by atoms with Crippen LogP contribution in [0.15, 0.2) is 97.1 Å². The average molecular weight is 744 g/mol. The van der Waals surface area contributed by atoms with Gasteiger partial charge < -0.3 is 0 Å². The van der Waals surface area contributed by atoms with E-state index in [1.54, 1.807) is 13.0 Å². The van der Waals surface area contributed by atoms with Crippen molar-refractivity contribution in [3.8, 4) is 44.8 Å². The quantitative estimate of drug-likeness (QED) is 0.133. The van der Waals surface area contributed by atoms with Gasteiger partial charge in [-0.25, -0.2) is 0 Å². The zero-order chi connectivity index (χ0) is 31.7. The van der Waals surface area contributed by atoms with Crippen LogP contribution in [0.4, 0.5) is 13.2 Å². The molecule has 8 heteroatoms. The van der Waals surface area contributed by atoms with Crippen LogP contribution in [0.5, 0.6) is 0 Å². The Kier molecular flexibility index (Phi) is 7.03. The average Bonchev–Trinajstić information content (AvgIpc) is 3.54. The second kappa shape index (κ2) is 11.0. The van der Waals surface area contributed by atoms with Crippen LogP contribution >= 0.6 is 31.4 Å². The van der Waals surface area contributed by atoms with Gasteiger partial charge in [0.15, 0.2) is 0 Å². The predicted octanol–water partition coefficient (Wildman–Crippen LogP) is 10.8. The van der Waals surface area contributed by atoms with E-state index in [-0.39, 0.29) is 5.28 Å². The Morgan fingerprint density at radius 1 is 0.674 bits per heavy atom. The topological polar surface area (TPSA) is 38.7 Å². The number of fused-ring (bicyclic) bond motifs is 6. The summed E-state index contributed by atoms with van der Waals surface area (Å²) in [6.45, 7) is 3.77. The van der Waals surface area contributed by atoms with Crippen molar-refractivity contribution in [2.24, 2.45) is 0 Å².